The summed E-state index contributed by atoms with van der Waals surface area (Å²) in [6.07, 6.45) is 4.29. The van der Waals surface area contributed by atoms with Gasteiger partial charge in [0, 0.05) is 6.54 Å². The summed E-state index contributed by atoms with van der Waals surface area (Å²) in [5, 5.41) is 2.82. The van der Waals surface area contributed by atoms with Crippen LogP contribution in [0.2, 0.25) is 0 Å². The fourth-order valence-corrected chi connectivity index (χ4v) is 3.81. The molecular formula is C19H24N2O3. The topological polar surface area (TPSA) is 66.5 Å². The number of aryl methyl sites for hydroxylation is 1. The molecule has 2 aliphatic rings. The summed E-state index contributed by atoms with van der Waals surface area (Å²) in [5.41, 5.74) is 2.39. The molecule has 2 fully saturated rings. The van der Waals surface area contributed by atoms with Crippen LogP contribution in [0.4, 0.5) is 0 Å². The van der Waals surface area contributed by atoms with Gasteiger partial charge in [0.15, 0.2) is 0 Å². The molecule has 3 rings (SSSR count). The molecule has 0 spiro atoms. The molecule has 5 heteroatoms. The smallest absolute Gasteiger partial charge is 0.240 e. The van der Waals surface area contributed by atoms with Crippen molar-refractivity contribution in [1.82, 2.24) is 10.2 Å². The molecule has 1 saturated carbocycles. The zero-order valence-corrected chi connectivity index (χ0v) is 14.1. The number of nitrogens with one attached hydrogen (secondary N) is 1. The third-order valence-electron chi connectivity index (χ3n) is 5.21. The average molecular weight is 328 g/mol. The van der Waals surface area contributed by atoms with E-state index in [0.717, 1.165) is 32.1 Å². The number of nitrogens with zero attached hydrogens (tertiary/aromatic N) is 1. The Hall–Kier alpha value is -2.17. The highest BCUT2D eigenvalue weighted by Crippen LogP contribution is 2.37. The van der Waals surface area contributed by atoms with E-state index in [0.29, 0.717) is 6.54 Å². The first-order valence-electron chi connectivity index (χ1n) is 8.74. The fraction of sp³-hybridized carbons (Fsp3) is 0.526. The van der Waals surface area contributed by atoms with Crippen LogP contribution in [0, 0.1) is 18.8 Å². The van der Waals surface area contributed by atoms with Crippen LogP contribution in [0.5, 0.6) is 0 Å². The highest BCUT2D eigenvalue weighted by Gasteiger charge is 2.48. The first kappa shape index (κ1) is 16.7. The number of rotatable bonds is 5. The lowest BCUT2D eigenvalue weighted by Gasteiger charge is -2.19. The second-order valence-electron chi connectivity index (χ2n) is 6.79. The van der Waals surface area contributed by atoms with Crippen LogP contribution in [0.3, 0.4) is 0 Å². The van der Waals surface area contributed by atoms with Gasteiger partial charge in [-0.05, 0) is 37.3 Å². The second kappa shape index (κ2) is 7.16. The molecule has 1 saturated heterocycles. The number of hydrogen-bond donors (Lipinski definition) is 1. The Morgan fingerprint density at radius 1 is 1.12 bits per heavy atom. The largest absolute Gasteiger partial charge is 0.354 e. The first-order valence-corrected chi connectivity index (χ1v) is 8.74. The molecule has 1 aliphatic heterocycles. The van der Waals surface area contributed by atoms with Gasteiger partial charge in [-0.1, -0.05) is 37.1 Å². The molecule has 128 valence electrons. The highest BCUT2D eigenvalue weighted by molar-refractivity contribution is 6.07. The second-order valence-corrected chi connectivity index (χ2v) is 6.79. The normalized spacial score (nSPS) is 23.3. The zero-order valence-electron chi connectivity index (χ0n) is 14.1. The van der Waals surface area contributed by atoms with Gasteiger partial charge < -0.3 is 5.32 Å². The number of carbonyl (C=O) groups excluding carboxylic acids is 3. The molecule has 0 bridgehead atoms. The van der Waals surface area contributed by atoms with Gasteiger partial charge in [0.05, 0.1) is 11.8 Å². The molecule has 1 N–H and O–H groups in total. The van der Waals surface area contributed by atoms with Crippen molar-refractivity contribution in [3.8, 4) is 0 Å². The van der Waals surface area contributed by atoms with Crippen molar-refractivity contribution < 1.29 is 14.4 Å². The Labute approximate surface area is 142 Å². The van der Waals surface area contributed by atoms with Crippen LogP contribution < -0.4 is 5.32 Å². The number of hydrogen-bond acceptors (Lipinski definition) is 3. The summed E-state index contributed by atoms with van der Waals surface area (Å²) >= 11 is 0. The van der Waals surface area contributed by atoms with E-state index >= 15 is 0 Å². The minimum atomic E-state index is -0.260. The molecule has 1 aromatic carbocycles. The predicted octanol–water partition coefficient (Wildman–Crippen LogP) is 1.83. The van der Waals surface area contributed by atoms with Gasteiger partial charge in [0.1, 0.15) is 6.54 Å². The van der Waals surface area contributed by atoms with E-state index in [1.165, 1.54) is 16.0 Å². The minimum Gasteiger partial charge on any atom is -0.354 e. The van der Waals surface area contributed by atoms with E-state index in [1.54, 1.807) is 0 Å². The van der Waals surface area contributed by atoms with E-state index in [-0.39, 0.29) is 36.1 Å². The van der Waals surface area contributed by atoms with Crippen molar-refractivity contribution in [2.24, 2.45) is 11.8 Å². The van der Waals surface area contributed by atoms with Gasteiger partial charge in [-0.15, -0.1) is 0 Å². The van der Waals surface area contributed by atoms with E-state index in [2.05, 4.69) is 5.32 Å². The van der Waals surface area contributed by atoms with Crippen LogP contribution in [-0.2, 0) is 20.8 Å². The molecule has 1 heterocycles. The van der Waals surface area contributed by atoms with Crippen molar-refractivity contribution in [2.45, 2.75) is 39.0 Å². The Bertz CT molecular complexity index is 632. The van der Waals surface area contributed by atoms with E-state index in [9.17, 15) is 14.4 Å². The Morgan fingerprint density at radius 2 is 1.75 bits per heavy atom. The van der Waals surface area contributed by atoms with Gasteiger partial charge in [0.25, 0.3) is 0 Å². The maximum atomic E-state index is 12.4. The molecule has 3 amide bonds. The van der Waals surface area contributed by atoms with Crippen molar-refractivity contribution >= 4 is 17.7 Å². The molecular weight excluding hydrogens is 304 g/mol. The number of imide groups is 1. The molecule has 24 heavy (non-hydrogen) atoms. The van der Waals surface area contributed by atoms with Gasteiger partial charge in [-0.25, -0.2) is 0 Å². The molecule has 2 atom stereocenters. The molecule has 0 aromatic heterocycles. The fourth-order valence-electron chi connectivity index (χ4n) is 3.81. The summed E-state index contributed by atoms with van der Waals surface area (Å²) < 4.78 is 0. The Kier molecular flexibility index (Phi) is 4.97. The number of fused-ring (bicyclic) bond motifs is 1. The van der Waals surface area contributed by atoms with Gasteiger partial charge >= 0.3 is 0 Å². The monoisotopic (exact) mass is 328 g/mol. The van der Waals surface area contributed by atoms with Gasteiger partial charge in [-0.2, -0.15) is 0 Å². The quantitative estimate of drug-likeness (QED) is 0.839. The van der Waals surface area contributed by atoms with Crippen molar-refractivity contribution in [3.63, 3.8) is 0 Å². The average Bonchev–Trinajstić information content (AvgIpc) is 2.82. The summed E-state index contributed by atoms with van der Waals surface area (Å²) in [5.74, 6) is -0.946. The maximum Gasteiger partial charge on any atom is 0.240 e. The molecule has 0 unspecified atom stereocenters. The van der Waals surface area contributed by atoms with Crippen LogP contribution >= 0.6 is 0 Å². The van der Waals surface area contributed by atoms with E-state index < -0.39 is 0 Å². The van der Waals surface area contributed by atoms with Crippen LogP contribution in [0.15, 0.2) is 24.3 Å². The maximum absolute atomic E-state index is 12.4. The third kappa shape index (κ3) is 3.35. The van der Waals surface area contributed by atoms with Crippen LogP contribution in [0.25, 0.3) is 0 Å². The molecule has 5 nitrogen and oxygen atoms in total. The van der Waals surface area contributed by atoms with E-state index in [4.69, 9.17) is 0 Å². The summed E-state index contributed by atoms with van der Waals surface area (Å²) in [4.78, 5) is 38.0. The molecule has 0 radical (unpaired) electrons. The number of benzene rings is 1. The highest BCUT2D eigenvalue weighted by atomic mass is 16.2. The van der Waals surface area contributed by atoms with Gasteiger partial charge in [0.2, 0.25) is 17.7 Å². The minimum absolute atomic E-state index is 0.140. The third-order valence-corrected chi connectivity index (χ3v) is 5.21. The van der Waals surface area contributed by atoms with Crippen molar-refractivity contribution in [3.05, 3.63) is 35.4 Å². The number of carbonyl (C=O) groups is 3. The molecule has 1 aromatic rings. The van der Waals surface area contributed by atoms with E-state index in [1.807, 2.05) is 31.2 Å². The Morgan fingerprint density at radius 3 is 2.38 bits per heavy atom. The zero-order chi connectivity index (χ0) is 17.1. The standard InChI is InChI=1S/C19H24N2O3/c1-13-6-2-3-7-14(13)10-11-20-17(22)12-21-18(23)15-8-4-5-9-16(15)19(21)24/h2-3,6-7,15-16H,4-5,8-12H2,1H3,(H,20,22)/t15-,16+. The lowest BCUT2D eigenvalue weighted by Crippen LogP contribution is -2.41. The first-order chi connectivity index (χ1) is 11.6. The van der Waals surface area contributed by atoms with Crippen LogP contribution in [0.1, 0.15) is 36.8 Å². The SMILES string of the molecule is Cc1ccccc1CCNC(=O)CN1C(=O)[C@H]2CCCC[C@H]2C1=O. The molecule has 1 aliphatic carbocycles. The van der Waals surface area contributed by atoms with Crippen LogP contribution in [-0.4, -0.2) is 35.7 Å². The van der Waals surface area contributed by atoms with Crippen molar-refractivity contribution in [2.75, 3.05) is 13.1 Å². The predicted molar refractivity (Wildman–Crippen MR) is 90.1 cm³/mol. The summed E-state index contributed by atoms with van der Waals surface area (Å²) in [6, 6.07) is 8.05. The number of amides is 3. The van der Waals surface area contributed by atoms with Gasteiger partial charge in [-0.3, -0.25) is 19.3 Å². The number of likely N-dealkylation sites (tertiary alicyclic amines) is 1. The Balaban J connectivity index is 1.51. The lowest BCUT2D eigenvalue weighted by atomic mass is 9.81. The van der Waals surface area contributed by atoms with Crippen molar-refractivity contribution in [1.29, 1.82) is 0 Å². The lowest BCUT2D eigenvalue weighted by molar-refractivity contribution is -0.143. The summed E-state index contributed by atoms with van der Waals surface area (Å²) in [6.45, 7) is 2.41. The summed E-state index contributed by atoms with van der Waals surface area (Å²) in [7, 11) is 0.